The molecule has 0 unspecified atom stereocenters. The van der Waals surface area contributed by atoms with E-state index in [1.165, 1.54) is 5.56 Å². The number of hydrogen-bond donors (Lipinski definition) is 1. The molecule has 1 N–H and O–H groups in total. The van der Waals surface area contributed by atoms with Gasteiger partial charge in [0.1, 0.15) is 18.1 Å². The number of ether oxygens (including phenoxy) is 2. The van der Waals surface area contributed by atoms with Crippen molar-refractivity contribution in [3.8, 4) is 11.5 Å². The van der Waals surface area contributed by atoms with Gasteiger partial charge in [-0.1, -0.05) is 41.8 Å². The minimum atomic E-state index is -0.874. The van der Waals surface area contributed by atoms with Crippen molar-refractivity contribution in [2.45, 2.75) is 63.5 Å². The summed E-state index contributed by atoms with van der Waals surface area (Å²) >= 11 is 12.1. The van der Waals surface area contributed by atoms with Gasteiger partial charge in [0.05, 0.1) is 22.3 Å². The second-order valence-electron chi connectivity index (χ2n) is 10.3. The van der Waals surface area contributed by atoms with Gasteiger partial charge >= 0.3 is 0 Å². The number of aliphatic hydroxyl groups is 1. The Morgan fingerprint density at radius 3 is 2.62 bits per heavy atom. The van der Waals surface area contributed by atoms with Gasteiger partial charge in [0.15, 0.2) is 0 Å². The third-order valence-corrected chi connectivity index (χ3v) is 7.96. The fraction of sp³-hybridized carbons (Fsp3) is 0.552. The van der Waals surface area contributed by atoms with Crippen LogP contribution in [0.15, 0.2) is 42.5 Å². The maximum Gasteiger partial charge on any atom is 0.222 e. The molecule has 4 rings (SSSR count). The minimum Gasteiger partial charge on any atom is -0.494 e. The van der Waals surface area contributed by atoms with Crippen molar-refractivity contribution in [2.24, 2.45) is 0 Å². The smallest absolute Gasteiger partial charge is 0.222 e. The summed E-state index contributed by atoms with van der Waals surface area (Å²) in [5, 5.41) is 12.1. The highest BCUT2D eigenvalue weighted by Crippen LogP contribution is 2.29. The van der Waals surface area contributed by atoms with Crippen LogP contribution in [-0.2, 0) is 11.3 Å². The van der Waals surface area contributed by atoms with E-state index in [9.17, 15) is 9.90 Å². The van der Waals surface area contributed by atoms with E-state index in [4.69, 9.17) is 32.7 Å². The number of hydrogen-bond acceptors (Lipinski definition) is 5. The quantitative estimate of drug-likeness (QED) is 0.371. The van der Waals surface area contributed by atoms with Gasteiger partial charge in [-0.25, -0.2) is 0 Å². The zero-order valence-electron chi connectivity index (χ0n) is 21.5. The lowest BCUT2D eigenvalue weighted by Gasteiger charge is -2.27. The second kappa shape index (κ2) is 13.7. The normalized spacial score (nSPS) is 21.4. The van der Waals surface area contributed by atoms with Crippen molar-refractivity contribution in [1.82, 2.24) is 9.80 Å². The average molecular weight is 550 g/mol. The molecule has 0 aromatic heterocycles. The van der Waals surface area contributed by atoms with Crippen LogP contribution in [0.5, 0.6) is 11.5 Å². The van der Waals surface area contributed by atoms with Crippen molar-refractivity contribution in [2.75, 3.05) is 39.4 Å². The van der Waals surface area contributed by atoms with E-state index in [2.05, 4.69) is 17.0 Å². The Balaban J connectivity index is 1.21. The number of amides is 1. The van der Waals surface area contributed by atoms with E-state index < -0.39 is 5.60 Å². The Bertz CT molecular complexity index is 1040. The fourth-order valence-corrected chi connectivity index (χ4v) is 5.32. The Morgan fingerprint density at radius 1 is 0.892 bits per heavy atom. The maximum absolute atomic E-state index is 12.2. The van der Waals surface area contributed by atoms with E-state index in [0.29, 0.717) is 41.7 Å². The first kappa shape index (κ1) is 28.0. The van der Waals surface area contributed by atoms with Crippen LogP contribution in [0.25, 0.3) is 0 Å². The predicted octanol–water partition coefficient (Wildman–Crippen LogP) is 5.96. The standard InChI is InChI=1S/C29H38Cl2N2O4/c30-26-11-10-25(20-27(26)31)37-22-29(35)12-5-14-32(17-13-29)21-23-7-4-8-24(19-23)36-18-6-16-33-15-3-1-2-9-28(33)34/h4,7-8,10-11,19-20,35H,1-3,5-6,9,12-18,21-22H2/t29-/m0/s1. The number of nitrogens with zero attached hydrogens (tertiary/aromatic N) is 2. The number of rotatable bonds is 10. The minimum absolute atomic E-state index is 0.227. The molecule has 0 spiro atoms. The molecule has 0 radical (unpaired) electrons. The summed E-state index contributed by atoms with van der Waals surface area (Å²) in [7, 11) is 0. The van der Waals surface area contributed by atoms with Gasteiger partial charge in [-0.3, -0.25) is 9.69 Å². The first-order valence-corrected chi connectivity index (χ1v) is 14.2. The third kappa shape index (κ3) is 8.78. The van der Waals surface area contributed by atoms with E-state index in [1.807, 2.05) is 17.0 Å². The number of benzene rings is 2. The average Bonchev–Trinajstić information content (AvgIpc) is 3.21. The Hall–Kier alpha value is -1.99. The summed E-state index contributed by atoms with van der Waals surface area (Å²) in [4.78, 5) is 16.5. The van der Waals surface area contributed by atoms with Crippen LogP contribution in [-0.4, -0.2) is 65.8 Å². The van der Waals surface area contributed by atoms with Gasteiger partial charge in [0.2, 0.25) is 5.91 Å². The molecule has 1 atom stereocenters. The molecule has 6 nitrogen and oxygen atoms in total. The molecule has 0 saturated carbocycles. The van der Waals surface area contributed by atoms with Crippen LogP contribution in [0.3, 0.4) is 0 Å². The largest absolute Gasteiger partial charge is 0.494 e. The number of carbonyl (C=O) groups is 1. The molecule has 2 saturated heterocycles. The van der Waals surface area contributed by atoms with Crippen LogP contribution >= 0.6 is 23.2 Å². The first-order chi connectivity index (χ1) is 17.9. The highest BCUT2D eigenvalue weighted by molar-refractivity contribution is 6.42. The Kier molecular flexibility index (Phi) is 10.4. The fourth-order valence-electron chi connectivity index (χ4n) is 5.03. The summed E-state index contributed by atoms with van der Waals surface area (Å²) in [5.41, 5.74) is 0.318. The molecule has 2 aromatic carbocycles. The number of carbonyl (C=O) groups excluding carboxylic acids is 1. The van der Waals surface area contributed by atoms with Gasteiger partial charge in [-0.05, 0) is 74.9 Å². The van der Waals surface area contributed by atoms with Crippen molar-refractivity contribution in [1.29, 1.82) is 0 Å². The molecule has 2 aliphatic heterocycles. The van der Waals surface area contributed by atoms with E-state index >= 15 is 0 Å². The zero-order valence-corrected chi connectivity index (χ0v) is 23.0. The van der Waals surface area contributed by atoms with Crippen LogP contribution < -0.4 is 9.47 Å². The van der Waals surface area contributed by atoms with Crippen LogP contribution in [0.4, 0.5) is 0 Å². The van der Waals surface area contributed by atoms with E-state index in [1.54, 1.807) is 18.2 Å². The second-order valence-corrected chi connectivity index (χ2v) is 11.1. The molecule has 2 heterocycles. The van der Waals surface area contributed by atoms with Gasteiger partial charge < -0.3 is 19.5 Å². The summed E-state index contributed by atoms with van der Waals surface area (Å²) in [6.07, 6.45) is 7.01. The van der Waals surface area contributed by atoms with Crippen LogP contribution in [0, 0.1) is 0 Å². The molecule has 2 fully saturated rings. The summed E-state index contributed by atoms with van der Waals surface area (Å²) in [6, 6.07) is 13.4. The lowest BCUT2D eigenvalue weighted by atomic mass is 9.96. The molecule has 0 aliphatic carbocycles. The summed E-state index contributed by atoms with van der Waals surface area (Å²) in [6.45, 7) is 4.99. The van der Waals surface area contributed by atoms with E-state index in [-0.39, 0.29) is 12.5 Å². The van der Waals surface area contributed by atoms with Crippen molar-refractivity contribution < 1.29 is 19.4 Å². The number of likely N-dealkylation sites (tertiary alicyclic amines) is 2. The predicted molar refractivity (Wildman–Crippen MR) is 148 cm³/mol. The highest BCUT2D eigenvalue weighted by atomic mass is 35.5. The molecule has 202 valence electrons. The van der Waals surface area contributed by atoms with Crippen LogP contribution in [0.2, 0.25) is 10.0 Å². The van der Waals surface area contributed by atoms with Crippen LogP contribution in [0.1, 0.15) is 56.9 Å². The molecule has 8 heteroatoms. The molecule has 1 amide bonds. The molecular formula is C29H38Cl2N2O4. The first-order valence-electron chi connectivity index (χ1n) is 13.4. The summed E-state index contributed by atoms with van der Waals surface area (Å²) in [5.74, 6) is 1.75. The molecule has 2 aliphatic rings. The number of halogens is 2. The van der Waals surface area contributed by atoms with E-state index in [0.717, 1.165) is 70.6 Å². The van der Waals surface area contributed by atoms with Crippen molar-refractivity contribution >= 4 is 29.1 Å². The van der Waals surface area contributed by atoms with Gasteiger partial charge in [-0.2, -0.15) is 0 Å². The lowest BCUT2D eigenvalue weighted by molar-refractivity contribution is -0.130. The molecule has 2 aromatic rings. The summed E-state index contributed by atoms with van der Waals surface area (Å²) < 4.78 is 11.9. The Labute approximate surface area is 230 Å². The molecular weight excluding hydrogens is 511 g/mol. The molecule has 0 bridgehead atoms. The van der Waals surface area contributed by atoms with Gasteiger partial charge in [-0.15, -0.1) is 0 Å². The molecule has 37 heavy (non-hydrogen) atoms. The topological polar surface area (TPSA) is 62.2 Å². The Morgan fingerprint density at radius 2 is 1.76 bits per heavy atom. The lowest BCUT2D eigenvalue weighted by Crippen LogP contribution is -2.37. The van der Waals surface area contributed by atoms with Crippen molar-refractivity contribution in [3.63, 3.8) is 0 Å². The third-order valence-electron chi connectivity index (χ3n) is 7.23. The zero-order chi connectivity index (χ0) is 26.1. The maximum atomic E-state index is 12.2. The van der Waals surface area contributed by atoms with Gasteiger partial charge in [0, 0.05) is 38.7 Å². The van der Waals surface area contributed by atoms with Gasteiger partial charge in [0.25, 0.3) is 0 Å². The monoisotopic (exact) mass is 548 g/mol. The van der Waals surface area contributed by atoms with Crippen molar-refractivity contribution in [3.05, 3.63) is 58.1 Å². The highest BCUT2D eigenvalue weighted by Gasteiger charge is 2.31. The SMILES string of the molecule is O=C1CCCCCN1CCCOc1cccc(CN2CCC[C@@](O)(COc3ccc(Cl)c(Cl)c3)CC2)c1.